The van der Waals surface area contributed by atoms with Crippen molar-refractivity contribution in [3.63, 3.8) is 0 Å². The van der Waals surface area contributed by atoms with Crippen molar-refractivity contribution in [3.05, 3.63) is 35.4 Å². The molecule has 1 fully saturated rings. The number of rotatable bonds is 6. The van der Waals surface area contributed by atoms with E-state index >= 15 is 0 Å². The van der Waals surface area contributed by atoms with E-state index < -0.39 is 0 Å². The highest BCUT2D eigenvalue weighted by atomic mass is 16.3. The predicted molar refractivity (Wildman–Crippen MR) is 71.0 cm³/mol. The molecule has 0 aromatic heterocycles. The lowest BCUT2D eigenvalue weighted by Crippen LogP contribution is -2.31. The van der Waals surface area contributed by atoms with Crippen LogP contribution >= 0.6 is 0 Å². The van der Waals surface area contributed by atoms with Gasteiger partial charge in [-0.25, -0.2) is 0 Å². The molecule has 0 unspecified atom stereocenters. The molecular formula is C15H23NO. The number of nitrogens with one attached hydrogen (secondary N) is 1. The van der Waals surface area contributed by atoms with E-state index in [0.29, 0.717) is 0 Å². The molecule has 0 heterocycles. The summed E-state index contributed by atoms with van der Waals surface area (Å²) in [6.45, 7) is 6.08. The van der Waals surface area contributed by atoms with Crippen LogP contribution in [0.5, 0.6) is 0 Å². The molecule has 0 aliphatic heterocycles. The molecule has 1 aliphatic rings. The Hall–Kier alpha value is -0.860. The first kappa shape index (κ1) is 12.6. The van der Waals surface area contributed by atoms with Crippen molar-refractivity contribution in [1.29, 1.82) is 0 Å². The Bertz CT molecular complexity index is 352. The van der Waals surface area contributed by atoms with Gasteiger partial charge in [0, 0.05) is 25.1 Å². The van der Waals surface area contributed by atoms with Crippen LogP contribution < -0.4 is 5.32 Å². The van der Waals surface area contributed by atoms with Crippen molar-refractivity contribution >= 4 is 0 Å². The molecule has 2 rings (SSSR count). The second-order valence-corrected chi connectivity index (χ2v) is 5.94. The van der Waals surface area contributed by atoms with E-state index in [9.17, 15) is 0 Å². The molecule has 0 radical (unpaired) electrons. The first-order valence-electron chi connectivity index (χ1n) is 6.51. The minimum absolute atomic E-state index is 0.0338. The highest BCUT2D eigenvalue weighted by Crippen LogP contribution is 2.39. The standard InChI is InChI=1S/C15H23NO/c1-15(2,11-17)10-16-9-12-3-5-13(6-4-12)14-7-8-14/h3-6,14,16-17H,7-11H2,1-2H3. The summed E-state index contributed by atoms with van der Waals surface area (Å²) in [5.41, 5.74) is 2.78. The summed E-state index contributed by atoms with van der Waals surface area (Å²) >= 11 is 0. The fraction of sp³-hybridized carbons (Fsp3) is 0.600. The third-order valence-electron chi connectivity index (χ3n) is 3.39. The molecule has 1 aromatic carbocycles. The lowest BCUT2D eigenvalue weighted by molar-refractivity contribution is 0.156. The second-order valence-electron chi connectivity index (χ2n) is 5.94. The van der Waals surface area contributed by atoms with Crippen LogP contribution in [0.2, 0.25) is 0 Å². The van der Waals surface area contributed by atoms with Gasteiger partial charge in [-0.1, -0.05) is 38.1 Å². The second kappa shape index (κ2) is 5.19. The number of aliphatic hydroxyl groups is 1. The minimum atomic E-state index is -0.0338. The number of benzene rings is 1. The van der Waals surface area contributed by atoms with E-state index in [4.69, 9.17) is 5.11 Å². The van der Waals surface area contributed by atoms with Gasteiger partial charge in [-0.15, -0.1) is 0 Å². The van der Waals surface area contributed by atoms with Gasteiger partial charge in [-0.3, -0.25) is 0 Å². The first-order valence-corrected chi connectivity index (χ1v) is 6.51. The van der Waals surface area contributed by atoms with E-state index in [2.05, 4.69) is 43.4 Å². The van der Waals surface area contributed by atoms with Gasteiger partial charge in [0.15, 0.2) is 0 Å². The van der Waals surface area contributed by atoms with Crippen molar-refractivity contribution in [1.82, 2.24) is 5.32 Å². The van der Waals surface area contributed by atoms with Gasteiger partial charge >= 0.3 is 0 Å². The molecule has 0 bridgehead atoms. The molecule has 2 N–H and O–H groups in total. The molecule has 0 amide bonds. The zero-order valence-corrected chi connectivity index (χ0v) is 10.9. The third kappa shape index (κ3) is 3.83. The van der Waals surface area contributed by atoms with Gasteiger partial charge in [-0.2, -0.15) is 0 Å². The lowest BCUT2D eigenvalue weighted by atomic mass is 9.95. The van der Waals surface area contributed by atoms with Crippen molar-refractivity contribution in [2.45, 2.75) is 39.2 Å². The summed E-state index contributed by atoms with van der Waals surface area (Å²) in [6, 6.07) is 8.94. The molecule has 94 valence electrons. The van der Waals surface area contributed by atoms with E-state index in [1.807, 2.05) is 0 Å². The summed E-state index contributed by atoms with van der Waals surface area (Å²) in [6.07, 6.45) is 2.73. The van der Waals surface area contributed by atoms with Crippen molar-refractivity contribution in [3.8, 4) is 0 Å². The topological polar surface area (TPSA) is 32.3 Å². The molecular weight excluding hydrogens is 210 g/mol. The maximum Gasteiger partial charge on any atom is 0.0494 e. The molecule has 2 heteroatoms. The molecule has 1 saturated carbocycles. The largest absolute Gasteiger partial charge is 0.396 e. The monoisotopic (exact) mass is 233 g/mol. The van der Waals surface area contributed by atoms with Gasteiger partial charge in [0.25, 0.3) is 0 Å². The van der Waals surface area contributed by atoms with E-state index in [0.717, 1.165) is 19.0 Å². The summed E-state index contributed by atoms with van der Waals surface area (Å²) in [7, 11) is 0. The Kier molecular flexibility index (Phi) is 3.85. The van der Waals surface area contributed by atoms with Gasteiger partial charge in [0.05, 0.1) is 0 Å². The normalized spacial score (nSPS) is 16.2. The van der Waals surface area contributed by atoms with Crippen LogP contribution in [0.25, 0.3) is 0 Å². The summed E-state index contributed by atoms with van der Waals surface area (Å²) in [5.74, 6) is 0.838. The Labute approximate surface area is 104 Å². The summed E-state index contributed by atoms with van der Waals surface area (Å²) < 4.78 is 0. The predicted octanol–water partition coefficient (Wildman–Crippen LogP) is 2.67. The van der Waals surface area contributed by atoms with E-state index in [1.54, 1.807) is 0 Å². The zero-order chi connectivity index (χ0) is 12.3. The van der Waals surface area contributed by atoms with Crippen LogP contribution in [0.1, 0.15) is 43.7 Å². The van der Waals surface area contributed by atoms with Crippen molar-refractivity contribution < 1.29 is 5.11 Å². The van der Waals surface area contributed by atoms with Gasteiger partial charge in [-0.05, 0) is 29.9 Å². The minimum Gasteiger partial charge on any atom is -0.396 e. The average molecular weight is 233 g/mol. The number of hydrogen-bond donors (Lipinski definition) is 2. The Balaban J connectivity index is 1.78. The first-order chi connectivity index (χ1) is 8.11. The fourth-order valence-corrected chi connectivity index (χ4v) is 1.93. The highest BCUT2D eigenvalue weighted by molar-refractivity contribution is 5.27. The van der Waals surface area contributed by atoms with Crippen LogP contribution in [0.4, 0.5) is 0 Å². The Morgan fingerprint density at radius 2 is 1.88 bits per heavy atom. The van der Waals surface area contributed by atoms with E-state index in [-0.39, 0.29) is 12.0 Å². The van der Waals surface area contributed by atoms with Crippen molar-refractivity contribution in [2.75, 3.05) is 13.2 Å². The Morgan fingerprint density at radius 1 is 1.24 bits per heavy atom. The SMILES string of the molecule is CC(C)(CO)CNCc1ccc(C2CC2)cc1. The van der Waals surface area contributed by atoms with Crippen LogP contribution in [0, 0.1) is 5.41 Å². The van der Waals surface area contributed by atoms with Crippen LogP contribution in [0.15, 0.2) is 24.3 Å². The summed E-state index contributed by atoms with van der Waals surface area (Å²) in [4.78, 5) is 0. The lowest BCUT2D eigenvalue weighted by Gasteiger charge is -2.21. The Morgan fingerprint density at radius 3 is 2.41 bits per heavy atom. The van der Waals surface area contributed by atoms with Crippen LogP contribution in [-0.4, -0.2) is 18.3 Å². The van der Waals surface area contributed by atoms with E-state index in [1.165, 1.54) is 24.0 Å². The average Bonchev–Trinajstić information content (AvgIpc) is 3.14. The highest BCUT2D eigenvalue weighted by Gasteiger charge is 2.22. The maximum absolute atomic E-state index is 9.16. The molecule has 0 spiro atoms. The number of aliphatic hydroxyl groups excluding tert-OH is 1. The maximum atomic E-state index is 9.16. The molecule has 0 atom stereocenters. The zero-order valence-electron chi connectivity index (χ0n) is 10.9. The van der Waals surface area contributed by atoms with Gasteiger partial charge < -0.3 is 10.4 Å². The molecule has 1 aliphatic carbocycles. The van der Waals surface area contributed by atoms with Crippen molar-refractivity contribution in [2.24, 2.45) is 5.41 Å². The summed E-state index contributed by atoms with van der Waals surface area (Å²) in [5, 5.41) is 12.6. The fourth-order valence-electron chi connectivity index (χ4n) is 1.93. The number of hydrogen-bond acceptors (Lipinski definition) is 2. The quantitative estimate of drug-likeness (QED) is 0.791. The van der Waals surface area contributed by atoms with Crippen LogP contribution in [0.3, 0.4) is 0 Å². The molecule has 17 heavy (non-hydrogen) atoms. The molecule has 0 saturated heterocycles. The third-order valence-corrected chi connectivity index (χ3v) is 3.39. The van der Waals surface area contributed by atoms with Crippen LogP contribution in [-0.2, 0) is 6.54 Å². The molecule has 2 nitrogen and oxygen atoms in total. The van der Waals surface area contributed by atoms with Gasteiger partial charge in [0.2, 0.25) is 0 Å². The smallest absolute Gasteiger partial charge is 0.0494 e. The molecule has 1 aromatic rings. The van der Waals surface area contributed by atoms with Gasteiger partial charge in [0.1, 0.15) is 0 Å².